The van der Waals surface area contributed by atoms with Crippen molar-refractivity contribution in [2.24, 2.45) is 34.8 Å². The normalized spacial score (nSPS) is 34.0. The molecule has 146 valence electrons. The Morgan fingerprint density at radius 3 is 2.04 bits per heavy atom. The van der Waals surface area contributed by atoms with Crippen LogP contribution in [-0.4, -0.2) is 23.9 Å². The van der Waals surface area contributed by atoms with Crippen molar-refractivity contribution in [1.29, 1.82) is 0 Å². The first kappa shape index (κ1) is 19.0. The van der Waals surface area contributed by atoms with Crippen LogP contribution >= 0.6 is 0 Å². The zero-order valence-electron chi connectivity index (χ0n) is 15.8. The van der Waals surface area contributed by atoms with Crippen LogP contribution in [0.15, 0.2) is 0 Å². The number of carbonyl (C=O) groups is 3. The average molecular weight is 364 g/mol. The molecular weight excluding hydrogens is 332 g/mol. The first-order valence-electron chi connectivity index (χ1n) is 9.95. The van der Waals surface area contributed by atoms with Crippen molar-refractivity contribution in [1.82, 2.24) is 16.2 Å². The Kier molecular flexibility index (Phi) is 5.44. The number of rotatable bonds is 6. The van der Waals surface area contributed by atoms with E-state index < -0.39 is 18.0 Å². The minimum absolute atomic E-state index is 0.0810. The SMILES string of the molecule is CCC(C)C(NC(N)=O)C(=O)NNC(=O)CC12CC3CC(CC(C3)C1)C2. The number of hydrogen-bond acceptors (Lipinski definition) is 3. The molecule has 4 aliphatic carbocycles. The standard InChI is InChI=1S/C19H32N4O3/c1-3-11(2)16(21-18(20)26)17(25)23-22-15(24)10-19-7-12-4-13(8-19)6-14(5-12)9-19/h11-14,16H,3-10H2,1-2H3,(H,22,24)(H,23,25)(H3,20,21,26). The van der Waals surface area contributed by atoms with Gasteiger partial charge in [0.1, 0.15) is 6.04 Å². The fourth-order valence-corrected chi connectivity index (χ4v) is 5.96. The Balaban J connectivity index is 1.52. The largest absolute Gasteiger partial charge is 0.352 e. The van der Waals surface area contributed by atoms with Crippen LogP contribution in [0.2, 0.25) is 0 Å². The Bertz CT molecular complexity index is 542. The lowest BCUT2D eigenvalue weighted by Crippen LogP contribution is -2.56. The fraction of sp³-hybridized carbons (Fsp3) is 0.842. The molecule has 4 saturated carbocycles. The summed E-state index contributed by atoms with van der Waals surface area (Å²) in [5, 5.41) is 2.46. The van der Waals surface area contributed by atoms with Crippen LogP contribution in [0.1, 0.15) is 65.2 Å². The molecule has 4 amide bonds. The van der Waals surface area contributed by atoms with Gasteiger partial charge in [0.05, 0.1) is 0 Å². The summed E-state index contributed by atoms with van der Waals surface area (Å²) in [5.41, 5.74) is 10.3. The van der Waals surface area contributed by atoms with E-state index in [4.69, 9.17) is 5.73 Å². The van der Waals surface area contributed by atoms with E-state index in [-0.39, 0.29) is 17.2 Å². The monoisotopic (exact) mass is 364 g/mol. The second-order valence-electron chi connectivity index (χ2n) is 9.00. The maximum Gasteiger partial charge on any atom is 0.312 e. The highest BCUT2D eigenvalue weighted by Gasteiger charge is 2.51. The molecule has 2 atom stereocenters. The summed E-state index contributed by atoms with van der Waals surface area (Å²) in [6.45, 7) is 3.79. The fourth-order valence-electron chi connectivity index (χ4n) is 5.96. The van der Waals surface area contributed by atoms with Crippen LogP contribution < -0.4 is 21.9 Å². The van der Waals surface area contributed by atoms with E-state index in [9.17, 15) is 14.4 Å². The van der Waals surface area contributed by atoms with Gasteiger partial charge in [-0.05, 0) is 67.6 Å². The number of urea groups is 1. The number of hydrazine groups is 1. The molecule has 0 heterocycles. The van der Waals surface area contributed by atoms with Gasteiger partial charge in [-0.3, -0.25) is 20.4 Å². The van der Waals surface area contributed by atoms with Crippen molar-refractivity contribution in [3.63, 3.8) is 0 Å². The molecule has 0 spiro atoms. The third kappa shape index (κ3) is 4.13. The highest BCUT2D eigenvalue weighted by Crippen LogP contribution is 2.61. The van der Waals surface area contributed by atoms with E-state index in [2.05, 4.69) is 16.2 Å². The lowest BCUT2D eigenvalue weighted by atomic mass is 9.49. The molecule has 2 unspecified atom stereocenters. The molecule has 4 rings (SSSR count). The highest BCUT2D eigenvalue weighted by molar-refractivity contribution is 5.88. The van der Waals surface area contributed by atoms with Gasteiger partial charge >= 0.3 is 6.03 Å². The van der Waals surface area contributed by atoms with E-state index in [0.717, 1.165) is 37.0 Å². The van der Waals surface area contributed by atoms with Crippen LogP contribution in [0.25, 0.3) is 0 Å². The maximum atomic E-state index is 12.5. The summed E-state index contributed by atoms with van der Waals surface area (Å²) in [5.74, 6) is 1.72. The molecule has 5 N–H and O–H groups in total. The first-order valence-corrected chi connectivity index (χ1v) is 9.95. The molecule has 0 aromatic heterocycles. The minimum Gasteiger partial charge on any atom is -0.352 e. The Morgan fingerprint density at radius 2 is 1.58 bits per heavy atom. The predicted molar refractivity (Wildman–Crippen MR) is 97.5 cm³/mol. The third-order valence-corrected chi connectivity index (χ3v) is 6.82. The molecule has 7 nitrogen and oxygen atoms in total. The van der Waals surface area contributed by atoms with Gasteiger partial charge in [-0.2, -0.15) is 0 Å². The van der Waals surface area contributed by atoms with Gasteiger partial charge < -0.3 is 11.1 Å². The van der Waals surface area contributed by atoms with E-state index in [1.54, 1.807) is 0 Å². The van der Waals surface area contributed by atoms with Gasteiger partial charge in [0.15, 0.2) is 0 Å². The van der Waals surface area contributed by atoms with Gasteiger partial charge in [-0.1, -0.05) is 20.3 Å². The molecule has 0 aromatic rings. The van der Waals surface area contributed by atoms with Crippen LogP contribution in [0.5, 0.6) is 0 Å². The summed E-state index contributed by atoms with van der Waals surface area (Å²) in [6, 6.07) is -1.50. The van der Waals surface area contributed by atoms with Gasteiger partial charge in [0, 0.05) is 6.42 Å². The second kappa shape index (κ2) is 7.45. The van der Waals surface area contributed by atoms with Gasteiger partial charge in [0.25, 0.3) is 5.91 Å². The molecule has 0 aromatic carbocycles. The number of hydrogen-bond donors (Lipinski definition) is 4. The van der Waals surface area contributed by atoms with Crippen LogP contribution in [0, 0.1) is 29.1 Å². The number of carbonyl (C=O) groups excluding carboxylic acids is 3. The summed E-state index contributed by atoms with van der Waals surface area (Å²) in [4.78, 5) is 36.0. The second-order valence-corrected chi connectivity index (χ2v) is 9.00. The first-order chi connectivity index (χ1) is 12.3. The van der Waals surface area contributed by atoms with E-state index >= 15 is 0 Å². The van der Waals surface area contributed by atoms with Crippen LogP contribution in [0.4, 0.5) is 4.79 Å². The molecule has 4 bridgehead atoms. The molecular formula is C19H32N4O3. The summed E-state index contributed by atoms with van der Waals surface area (Å²) < 4.78 is 0. The third-order valence-electron chi connectivity index (χ3n) is 6.82. The van der Waals surface area contributed by atoms with Crippen molar-refractivity contribution < 1.29 is 14.4 Å². The number of primary amides is 1. The van der Waals surface area contributed by atoms with Crippen LogP contribution in [0.3, 0.4) is 0 Å². The number of nitrogens with two attached hydrogens (primary N) is 1. The predicted octanol–water partition coefficient (Wildman–Crippen LogP) is 1.82. The van der Waals surface area contributed by atoms with Crippen molar-refractivity contribution in [3.05, 3.63) is 0 Å². The molecule has 26 heavy (non-hydrogen) atoms. The van der Waals surface area contributed by atoms with Gasteiger partial charge in [-0.15, -0.1) is 0 Å². The topological polar surface area (TPSA) is 113 Å². The van der Waals surface area contributed by atoms with Gasteiger partial charge in [-0.25, -0.2) is 4.79 Å². The van der Waals surface area contributed by atoms with Gasteiger partial charge in [0.2, 0.25) is 5.91 Å². The quantitative estimate of drug-likeness (QED) is 0.539. The van der Waals surface area contributed by atoms with E-state index in [1.807, 2.05) is 13.8 Å². The lowest BCUT2D eigenvalue weighted by Gasteiger charge is -2.56. The Hall–Kier alpha value is -1.79. The Labute approximate surface area is 155 Å². The average Bonchev–Trinajstić information content (AvgIpc) is 2.55. The van der Waals surface area contributed by atoms with Crippen molar-refractivity contribution in [2.75, 3.05) is 0 Å². The maximum absolute atomic E-state index is 12.5. The molecule has 0 saturated heterocycles. The highest BCUT2D eigenvalue weighted by atomic mass is 16.2. The van der Waals surface area contributed by atoms with Crippen molar-refractivity contribution in [2.45, 2.75) is 71.3 Å². The molecule has 0 aliphatic heterocycles. The lowest BCUT2D eigenvalue weighted by molar-refractivity contribution is -0.135. The molecule has 0 radical (unpaired) electrons. The van der Waals surface area contributed by atoms with Crippen LogP contribution in [-0.2, 0) is 9.59 Å². The summed E-state index contributed by atoms with van der Waals surface area (Å²) in [6.07, 6.45) is 8.66. The van der Waals surface area contributed by atoms with Crippen molar-refractivity contribution >= 4 is 17.8 Å². The zero-order chi connectivity index (χ0) is 18.9. The summed E-state index contributed by atoms with van der Waals surface area (Å²) >= 11 is 0. The minimum atomic E-state index is -0.752. The Morgan fingerprint density at radius 1 is 1.04 bits per heavy atom. The summed E-state index contributed by atoms with van der Waals surface area (Å²) in [7, 11) is 0. The molecule has 4 aliphatic rings. The van der Waals surface area contributed by atoms with Crippen molar-refractivity contribution in [3.8, 4) is 0 Å². The molecule has 4 fully saturated rings. The number of amides is 4. The van der Waals surface area contributed by atoms with E-state index in [0.29, 0.717) is 12.8 Å². The smallest absolute Gasteiger partial charge is 0.312 e. The number of nitrogens with one attached hydrogen (secondary N) is 3. The zero-order valence-corrected chi connectivity index (χ0v) is 15.8. The van der Waals surface area contributed by atoms with E-state index in [1.165, 1.54) is 19.3 Å². The molecule has 7 heteroatoms.